The van der Waals surface area contributed by atoms with Crippen LogP contribution in [0.3, 0.4) is 0 Å². The number of halogens is 2. The summed E-state index contributed by atoms with van der Waals surface area (Å²) in [5, 5.41) is 33.9. The van der Waals surface area contributed by atoms with Crippen molar-refractivity contribution in [2.45, 2.75) is 96.3 Å². The number of benzene rings is 2. The fourth-order valence-electron chi connectivity index (χ4n) is 9.04. The molecule has 1 saturated carbocycles. The number of carbonyl (C=O) groups excluding carboxylic acids is 3. The molecule has 3 heterocycles. The van der Waals surface area contributed by atoms with Crippen molar-refractivity contribution in [3.63, 3.8) is 0 Å². The van der Waals surface area contributed by atoms with Crippen molar-refractivity contribution in [1.29, 1.82) is 0 Å². The van der Waals surface area contributed by atoms with E-state index in [4.69, 9.17) is 65.6 Å². The number of aryl methyl sites for hydroxylation is 3. The number of hydrogen-bond donors (Lipinski definition) is 4. The SMILES string of the molecule is Cc1ccc(F)c(OCCCc2ccc(C3CC4COCC(N4C(=O)OCCOCCON(O)O)C3(C)C(=O)N(Cc3ccnc(CCCOC(=O)OCCOCCON(O)O)c3C)C3CC3)cc2)c1Cl. The minimum Gasteiger partial charge on any atom is -0.489 e. The molecule has 4 unspecified atom stereocenters. The molecule has 4 atom stereocenters. The Kier molecular flexibility index (Phi) is 21.3. The zero-order chi connectivity index (χ0) is 50.9. The van der Waals surface area contributed by atoms with Gasteiger partial charge < -0.3 is 38.1 Å². The quantitative estimate of drug-likeness (QED) is 0.0343. The Balaban J connectivity index is 1.14. The van der Waals surface area contributed by atoms with Gasteiger partial charge in [-0.15, -0.1) is 0 Å². The monoisotopic (exact) mass is 1020 g/mol. The molecule has 0 spiro atoms. The van der Waals surface area contributed by atoms with E-state index in [1.165, 1.54) is 6.07 Å². The third-order valence-electron chi connectivity index (χ3n) is 12.9. The van der Waals surface area contributed by atoms with Crippen LogP contribution in [-0.4, -0.2) is 162 Å². The van der Waals surface area contributed by atoms with Gasteiger partial charge in [0.2, 0.25) is 5.91 Å². The van der Waals surface area contributed by atoms with Gasteiger partial charge >= 0.3 is 12.2 Å². The number of fused-ring (bicyclic) bond motifs is 2. The summed E-state index contributed by atoms with van der Waals surface area (Å²) >= 11 is 6.31. The lowest BCUT2D eigenvalue weighted by atomic mass is 9.61. The van der Waals surface area contributed by atoms with Crippen LogP contribution in [0.25, 0.3) is 0 Å². The first-order valence-corrected chi connectivity index (χ1v) is 24.1. The van der Waals surface area contributed by atoms with Crippen LogP contribution in [0, 0.1) is 25.1 Å². The molecule has 71 heavy (non-hydrogen) atoms. The molecule has 2 saturated heterocycles. The van der Waals surface area contributed by atoms with Crippen LogP contribution in [0.2, 0.25) is 5.02 Å². The standard InChI is InChI=1S/C48H65ClFN5O16/c1-32-8-15-40(50)44(43(32)49)66-18-4-6-34-9-11-35(12-10-34)39-28-38-30-65-31-42(53(38)46(57)67-24-20-63-22-26-70-54(59)60)48(39,3)45(56)52(37-13-14-37)29-36-16-17-51-41(33(36)2)7-5-19-68-47(58)69-25-21-64-23-27-71-55(61)62/h8-12,15-17,37-39,42,59-62H,4-7,13-14,18-31H2,1-3H3. The van der Waals surface area contributed by atoms with E-state index in [1.54, 1.807) is 24.1 Å². The van der Waals surface area contributed by atoms with Gasteiger partial charge in [0.15, 0.2) is 11.6 Å². The molecule has 392 valence electrons. The number of morpholine rings is 1. The lowest BCUT2D eigenvalue weighted by molar-refractivity contribution is -0.493. The van der Waals surface area contributed by atoms with Crippen molar-refractivity contribution in [3.8, 4) is 5.75 Å². The summed E-state index contributed by atoms with van der Waals surface area (Å²) in [6.07, 6.45) is 4.52. The zero-order valence-corrected chi connectivity index (χ0v) is 41.0. The molecule has 1 aliphatic carbocycles. The lowest BCUT2D eigenvalue weighted by Crippen LogP contribution is -2.69. The summed E-state index contributed by atoms with van der Waals surface area (Å²) in [6, 6.07) is 11.9. The van der Waals surface area contributed by atoms with Crippen molar-refractivity contribution < 1.29 is 82.4 Å². The molecule has 0 radical (unpaired) electrons. The van der Waals surface area contributed by atoms with E-state index in [-0.39, 0.29) is 108 Å². The van der Waals surface area contributed by atoms with Crippen molar-refractivity contribution in [2.75, 3.05) is 79.3 Å². The summed E-state index contributed by atoms with van der Waals surface area (Å²) in [6.45, 7) is 6.40. The van der Waals surface area contributed by atoms with E-state index in [0.717, 1.165) is 46.4 Å². The molecule has 2 bridgehead atoms. The summed E-state index contributed by atoms with van der Waals surface area (Å²) in [5.41, 5.74) is 4.13. The first-order chi connectivity index (χ1) is 34.2. The topological polar surface area (TPSA) is 241 Å². The van der Waals surface area contributed by atoms with E-state index in [0.29, 0.717) is 38.6 Å². The van der Waals surface area contributed by atoms with E-state index >= 15 is 4.79 Å². The first kappa shape index (κ1) is 55.5. The van der Waals surface area contributed by atoms with Crippen molar-refractivity contribution >= 4 is 29.8 Å². The van der Waals surface area contributed by atoms with Crippen LogP contribution < -0.4 is 4.74 Å². The van der Waals surface area contributed by atoms with Gasteiger partial charge in [-0.1, -0.05) is 41.9 Å². The normalized spacial score (nSPS) is 19.8. The molecule has 2 aromatic carbocycles. The summed E-state index contributed by atoms with van der Waals surface area (Å²) in [7, 11) is 0. The molecule has 4 N–H and O–H groups in total. The largest absolute Gasteiger partial charge is 0.508 e. The molecular weight excluding hydrogens is 957 g/mol. The molecule has 3 aliphatic rings. The number of ether oxygens (including phenoxy) is 7. The van der Waals surface area contributed by atoms with Gasteiger partial charge in [-0.05, 0) is 106 Å². The number of carbonyl (C=O) groups is 3. The summed E-state index contributed by atoms with van der Waals surface area (Å²) in [4.78, 5) is 59.0. The maximum absolute atomic E-state index is 15.7. The predicted molar refractivity (Wildman–Crippen MR) is 246 cm³/mol. The minimum atomic E-state index is -1.18. The lowest BCUT2D eigenvalue weighted by Gasteiger charge is -2.57. The second-order valence-electron chi connectivity index (χ2n) is 17.7. The highest BCUT2D eigenvalue weighted by Gasteiger charge is 2.61. The molecule has 21 nitrogen and oxygen atoms in total. The maximum atomic E-state index is 15.7. The third-order valence-corrected chi connectivity index (χ3v) is 13.4. The van der Waals surface area contributed by atoms with Gasteiger partial charge in [-0.2, -0.15) is 0 Å². The minimum absolute atomic E-state index is 0.0116. The Hall–Kier alpha value is -4.82. The number of piperidine rings is 1. The fourth-order valence-corrected chi connectivity index (χ4v) is 9.25. The zero-order valence-electron chi connectivity index (χ0n) is 40.3. The van der Waals surface area contributed by atoms with E-state index < -0.39 is 46.3 Å². The Morgan fingerprint density at radius 3 is 2.14 bits per heavy atom. The molecule has 2 aliphatic heterocycles. The van der Waals surface area contributed by atoms with Crippen LogP contribution >= 0.6 is 11.6 Å². The molecule has 3 aromatic rings. The van der Waals surface area contributed by atoms with Gasteiger partial charge in [0.1, 0.15) is 13.2 Å². The van der Waals surface area contributed by atoms with Gasteiger partial charge in [-0.25, -0.2) is 23.7 Å². The molecule has 1 aromatic heterocycles. The van der Waals surface area contributed by atoms with Crippen LogP contribution in [0.5, 0.6) is 5.75 Å². The third kappa shape index (κ3) is 15.6. The Labute approximate surface area is 416 Å². The van der Waals surface area contributed by atoms with Crippen LogP contribution in [0.1, 0.15) is 78.5 Å². The summed E-state index contributed by atoms with van der Waals surface area (Å²) < 4.78 is 52.9. The van der Waals surface area contributed by atoms with Gasteiger partial charge in [0.25, 0.3) is 0 Å². The number of hydrogen-bond acceptors (Lipinski definition) is 19. The Bertz CT molecular complexity index is 2190. The van der Waals surface area contributed by atoms with Gasteiger partial charge in [0.05, 0.1) is 99.4 Å². The van der Waals surface area contributed by atoms with Crippen LogP contribution in [0.15, 0.2) is 48.7 Å². The number of pyridine rings is 1. The van der Waals surface area contributed by atoms with Crippen LogP contribution in [-0.2, 0) is 62.3 Å². The molecular formula is C48H65ClFN5O16. The maximum Gasteiger partial charge on any atom is 0.508 e. The highest BCUT2D eigenvalue weighted by Crippen LogP contribution is 2.53. The molecule has 2 amide bonds. The predicted octanol–water partition coefficient (Wildman–Crippen LogP) is 6.54. The van der Waals surface area contributed by atoms with Crippen molar-refractivity contribution in [2.24, 2.45) is 5.41 Å². The highest BCUT2D eigenvalue weighted by molar-refractivity contribution is 6.32. The molecule has 3 fully saturated rings. The number of amides is 2. The van der Waals surface area contributed by atoms with Crippen molar-refractivity contribution in [1.82, 2.24) is 25.6 Å². The molecule has 23 heteroatoms. The van der Waals surface area contributed by atoms with Gasteiger partial charge in [-0.3, -0.25) is 35.5 Å². The average molecular weight is 1020 g/mol. The van der Waals surface area contributed by atoms with E-state index in [2.05, 4.69) is 14.7 Å². The number of nitrogens with zero attached hydrogens (tertiary/aromatic N) is 5. The number of rotatable bonds is 28. The summed E-state index contributed by atoms with van der Waals surface area (Å²) in [5.74, 6) is -0.907. The number of aromatic nitrogens is 1. The second-order valence-corrected chi connectivity index (χ2v) is 18.0. The first-order valence-electron chi connectivity index (χ1n) is 23.7. The smallest absolute Gasteiger partial charge is 0.489 e. The Morgan fingerprint density at radius 1 is 0.817 bits per heavy atom. The van der Waals surface area contributed by atoms with Crippen LogP contribution in [0.4, 0.5) is 14.0 Å². The van der Waals surface area contributed by atoms with E-state index in [9.17, 15) is 14.0 Å². The highest BCUT2D eigenvalue weighted by atomic mass is 35.5. The van der Waals surface area contributed by atoms with Crippen molar-refractivity contribution in [3.05, 3.63) is 93.0 Å². The van der Waals surface area contributed by atoms with Gasteiger partial charge in [0, 0.05) is 30.4 Å². The van der Waals surface area contributed by atoms with E-state index in [1.807, 2.05) is 49.1 Å². The molecule has 6 rings (SSSR count). The average Bonchev–Trinajstić information content (AvgIpc) is 4.20. The second kappa shape index (κ2) is 27.3. The Morgan fingerprint density at radius 2 is 1.46 bits per heavy atom. The fraction of sp³-hybridized carbons (Fsp3) is 0.583.